The summed E-state index contributed by atoms with van der Waals surface area (Å²) in [4.78, 5) is 4.33. The van der Waals surface area contributed by atoms with Crippen molar-refractivity contribution in [2.75, 3.05) is 25.1 Å². The van der Waals surface area contributed by atoms with Gasteiger partial charge in [-0.25, -0.2) is 4.98 Å². The molecule has 100 valence electrons. The number of nitrogens with zero attached hydrogens (tertiary/aromatic N) is 2. The molecule has 1 aliphatic rings. The van der Waals surface area contributed by atoms with E-state index in [-0.39, 0.29) is 6.10 Å². The molecule has 5 nitrogen and oxygen atoms in total. The Balaban J connectivity index is 1.68. The molecule has 2 heterocycles. The maximum atomic E-state index is 5.66. The fourth-order valence-corrected chi connectivity index (χ4v) is 2.09. The lowest BCUT2D eigenvalue weighted by molar-refractivity contribution is -0.0934. The average molecular weight is 259 g/mol. The van der Waals surface area contributed by atoms with Crippen LogP contribution in [0.15, 0.2) is 42.7 Å². The normalized spacial score (nSPS) is 19.3. The minimum Gasteiger partial charge on any atom is -0.376 e. The van der Waals surface area contributed by atoms with Crippen LogP contribution in [0.5, 0.6) is 0 Å². The molecule has 0 radical (unpaired) electrons. The lowest BCUT2D eigenvalue weighted by atomic mass is 10.3. The number of benzene rings is 1. The predicted molar refractivity (Wildman–Crippen MR) is 72.5 cm³/mol. The Morgan fingerprint density at radius 1 is 1.26 bits per heavy atom. The zero-order valence-electron chi connectivity index (χ0n) is 10.7. The number of hydrogen-bond donors (Lipinski definition) is 1. The minimum absolute atomic E-state index is 0.0965. The summed E-state index contributed by atoms with van der Waals surface area (Å²) in [6.07, 6.45) is 3.83. The van der Waals surface area contributed by atoms with Crippen LogP contribution < -0.4 is 5.32 Å². The van der Waals surface area contributed by atoms with Gasteiger partial charge in [0.2, 0.25) is 5.95 Å². The number of anilines is 2. The first-order valence-corrected chi connectivity index (χ1v) is 6.44. The molecule has 1 saturated heterocycles. The SMILES string of the molecule is c1ccc(Nc2nccn2CC2COCCO2)cc1. The molecule has 1 atom stereocenters. The summed E-state index contributed by atoms with van der Waals surface area (Å²) in [7, 11) is 0. The van der Waals surface area contributed by atoms with Gasteiger partial charge in [0.25, 0.3) is 0 Å². The summed E-state index contributed by atoms with van der Waals surface area (Å²) >= 11 is 0. The number of imidazole rings is 1. The molecule has 0 amide bonds. The van der Waals surface area contributed by atoms with Gasteiger partial charge >= 0.3 is 0 Å². The number of rotatable bonds is 4. The maximum Gasteiger partial charge on any atom is 0.207 e. The van der Waals surface area contributed by atoms with Crippen LogP contribution in [0.3, 0.4) is 0 Å². The topological polar surface area (TPSA) is 48.3 Å². The molecule has 3 rings (SSSR count). The standard InChI is InChI=1S/C14H17N3O2/c1-2-4-12(5-3-1)16-14-15-6-7-17(14)10-13-11-18-8-9-19-13/h1-7,13H,8-11H2,(H,15,16). The van der Waals surface area contributed by atoms with Gasteiger partial charge in [0.05, 0.1) is 32.5 Å². The van der Waals surface area contributed by atoms with Gasteiger partial charge in [-0.3, -0.25) is 0 Å². The average Bonchev–Trinajstić information content (AvgIpc) is 2.88. The first-order chi connectivity index (χ1) is 9.42. The van der Waals surface area contributed by atoms with Gasteiger partial charge in [-0.2, -0.15) is 0 Å². The summed E-state index contributed by atoms with van der Waals surface area (Å²) < 4.78 is 13.1. The minimum atomic E-state index is 0.0965. The van der Waals surface area contributed by atoms with Crippen molar-refractivity contribution in [2.24, 2.45) is 0 Å². The Bertz CT molecular complexity index is 506. The molecule has 0 bridgehead atoms. The highest BCUT2D eigenvalue weighted by Crippen LogP contribution is 2.15. The van der Waals surface area contributed by atoms with E-state index in [0.29, 0.717) is 19.8 Å². The molecular formula is C14H17N3O2. The molecule has 0 saturated carbocycles. The van der Waals surface area contributed by atoms with E-state index in [2.05, 4.69) is 10.3 Å². The van der Waals surface area contributed by atoms with Gasteiger partial charge in [-0.1, -0.05) is 18.2 Å². The fraction of sp³-hybridized carbons (Fsp3) is 0.357. The van der Waals surface area contributed by atoms with E-state index < -0.39 is 0 Å². The van der Waals surface area contributed by atoms with Crippen LogP contribution >= 0.6 is 0 Å². The van der Waals surface area contributed by atoms with Crippen LogP contribution in [0.25, 0.3) is 0 Å². The number of ether oxygens (including phenoxy) is 2. The quantitative estimate of drug-likeness (QED) is 0.913. The summed E-state index contributed by atoms with van der Waals surface area (Å²) in [5, 5.41) is 3.30. The highest BCUT2D eigenvalue weighted by Gasteiger charge is 2.16. The van der Waals surface area contributed by atoms with Crippen molar-refractivity contribution >= 4 is 11.6 Å². The van der Waals surface area contributed by atoms with Crippen molar-refractivity contribution in [3.8, 4) is 0 Å². The first kappa shape index (κ1) is 12.2. The maximum absolute atomic E-state index is 5.66. The Labute approximate surface area is 112 Å². The molecular weight excluding hydrogens is 242 g/mol. The van der Waals surface area contributed by atoms with Crippen LogP contribution in [0.2, 0.25) is 0 Å². The predicted octanol–water partition coefficient (Wildman–Crippen LogP) is 2.04. The molecule has 1 aromatic heterocycles. The Morgan fingerprint density at radius 2 is 2.16 bits per heavy atom. The van der Waals surface area contributed by atoms with Crippen molar-refractivity contribution in [3.63, 3.8) is 0 Å². The van der Waals surface area contributed by atoms with Crippen molar-refractivity contribution in [1.82, 2.24) is 9.55 Å². The van der Waals surface area contributed by atoms with E-state index >= 15 is 0 Å². The molecule has 1 unspecified atom stereocenters. The Kier molecular flexibility index (Phi) is 3.76. The van der Waals surface area contributed by atoms with E-state index in [0.717, 1.165) is 18.2 Å². The second-order valence-electron chi connectivity index (χ2n) is 4.46. The smallest absolute Gasteiger partial charge is 0.207 e. The van der Waals surface area contributed by atoms with Crippen LogP contribution in [0.4, 0.5) is 11.6 Å². The summed E-state index contributed by atoms with van der Waals surface area (Å²) in [5.41, 5.74) is 1.02. The number of para-hydroxylation sites is 1. The summed E-state index contributed by atoms with van der Waals surface area (Å²) in [6.45, 7) is 2.74. The van der Waals surface area contributed by atoms with Gasteiger partial charge in [0.15, 0.2) is 0 Å². The third-order valence-corrected chi connectivity index (χ3v) is 3.03. The molecule has 0 spiro atoms. The number of aromatic nitrogens is 2. The lowest BCUT2D eigenvalue weighted by Gasteiger charge is -2.23. The molecule has 5 heteroatoms. The van der Waals surface area contributed by atoms with Gasteiger partial charge in [0.1, 0.15) is 0 Å². The third-order valence-electron chi connectivity index (χ3n) is 3.03. The Morgan fingerprint density at radius 3 is 2.95 bits per heavy atom. The van der Waals surface area contributed by atoms with Crippen molar-refractivity contribution in [2.45, 2.75) is 12.6 Å². The highest BCUT2D eigenvalue weighted by molar-refractivity contribution is 5.52. The highest BCUT2D eigenvalue weighted by atomic mass is 16.6. The molecule has 0 aliphatic carbocycles. The van der Waals surface area contributed by atoms with Crippen molar-refractivity contribution in [1.29, 1.82) is 0 Å². The summed E-state index contributed by atoms with van der Waals surface area (Å²) in [6, 6.07) is 10.0. The van der Waals surface area contributed by atoms with E-state index in [1.807, 2.05) is 41.1 Å². The molecule has 19 heavy (non-hydrogen) atoms. The van der Waals surface area contributed by atoms with Crippen molar-refractivity contribution in [3.05, 3.63) is 42.7 Å². The van der Waals surface area contributed by atoms with E-state index in [4.69, 9.17) is 9.47 Å². The first-order valence-electron chi connectivity index (χ1n) is 6.44. The molecule has 1 aromatic carbocycles. The zero-order chi connectivity index (χ0) is 12.9. The summed E-state index contributed by atoms with van der Waals surface area (Å²) in [5.74, 6) is 0.820. The van der Waals surface area contributed by atoms with Crippen LogP contribution in [-0.4, -0.2) is 35.5 Å². The van der Waals surface area contributed by atoms with Gasteiger partial charge in [0, 0.05) is 18.1 Å². The van der Waals surface area contributed by atoms with E-state index in [9.17, 15) is 0 Å². The van der Waals surface area contributed by atoms with Crippen LogP contribution in [0.1, 0.15) is 0 Å². The molecule has 1 N–H and O–H groups in total. The fourth-order valence-electron chi connectivity index (χ4n) is 2.09. The largest absolute Gasteiger partial charge is 0.376 e. The molecule has 1 fully saturated rings. The number of hydrogen-bond acceptors (Lipinski definition) is 4. The second kappa shape index (κ2) is 5.86. The second-order valence-corrected chi connectivity index (χ2v) is 4.46. The monoisotopic (exact) mass is 259 g/mol. The van der Waals surface area contributed by atoms with Crippen molar-refractivity contribution < 1.29 is 9.47 Å². The van der Waals surface area contributed by atoms with Crippen LogP contribution in [-0.2, 0) is 16.0 Å². The van der Waals surface area contributed by atoms with Crippen LogP contribution in [0, 0.1) is 0 Å². The zero-order valence-corrected chi connectivity index (χ0v) is 10.7. The lowest BCUT2D eigenvalue weighted by Crippen LogP contribution is -2.32. The molecule has 1 aliphatic heterocycles. The van der Waals surface area contributed by atoms with Gasteiger partial charge < -0.3 is 19.4 Å². The Hall–Kier alpha value is -1.85. The third kappa shape index (κ3) is 3.13. The van der Waals surface area contributed by atoms with Gasteiger partial charge in [-0.05, 0) is 12.1 Å². The van der Waals surface area contributed by atoms with E-state index in [1.54, 1.807) is 6.20 Å². The van der Waals surface area contributed by atoms with Gasteiger partial charge in [-0.15, -0.1) is 0 Å². The molecule has 2 aromatic rings. The number of nitrogens with one attached hydrogen (secondary N) is 1. The van der Waals surface area contributed by atoms with E-state index in [1.165, 1.54) is 0 Å².